The van der Waals surface area contributed by atoms with Crippen LogP contribution in [0.1, 0.15) is 32.3 Å². The molecule has 0 bridgehead atoms. The van der Waals surface area contributed by atoms with Gasteiger partial charge in [-0.15, -0.1) is 0 Å². The summed E-state index contributed by atoms with van der Waals surface area (Å²) in [6, 6.07) is 17.3. The van der Waals surface area contributed by atoms with Crippen molar-refractivity contribution < 1.29 is 23.9 Å². The Kier molecular flexibility index (Phi) is 4.97. The van der Waals surface area contributed by atoms with Gasteiger partial charge in [0.05, 0.1) is 22.7 Å². The summed E-state index contributed by atoms with van der Waals surface area (Å²) < 4.78 is 5.85. The number of fused-ring (bicyclic) bond motifs is 3. The van der Waals surface area contributed by atoms with Gasteiger partial charge in [-0.25, -0.2) is 0 Å². The van der Waals surface area contributed by atoms with Gasteiger partial charge in [-0.2, -0.15) is 0 Å². The highest BCUT2D eigenvalue weighted by Crippen LogP contribution is 2.60. The third-order valence-corrected chi connectivity index (χ3v) is 8.09. The van der Waals surface area contributed by atoms with E-state index in [4.69, 9.17) is 27.9 Å². The Morgan fingerprint density at radius 1 is 0.829 bits per heavy atom. The summed E-state index contributed by atoms with van der Waals surface area (Å²) in [7, 11) is 0. The molecule has 6 nitrogen and oxygen atoms in total. The minimum atomic E-state index is -2.03. The summed E-state index contributed by atoms with van der Waals surface area (Å²) in [6.07, 6.45) is 0. The van der Waals surface area contributed by atoms with Crippen molar-refractivity contribution >= 4 is 68.3 Å². The largest absolute Gasteiger partial charge is 0.393 e. The van der Waals surface area contributed by atoms with Crippen molar-refractivity contribution in [1.29, 1.82) is 0 Å². The summed E-state index contributed by atoms with van der Waals surface area (Å²) in [6.45, 7) is 0. The maximum atomic E-state index is 14.2. The number of rotatable bonds is 2. The lowest BCUT2D eigenvalue weighted by molar-refractivity contribution is -0.154. The zero-order valence-corrected chi connectivity index (χ0v) is 20.8. The summed E-state index contributed by atoms with van der Waals surface area (Å²) in [5.41, 5.74) is -0.722. The third kappa shape index (κ3) is 2.89. The van der Waals surface area contributed by atoms with Crippen LogP contribution in [0.4, 0.5) is 5.69 Å². The SMILES string of the molecule is O=C1OC(=O)[C@H]2[C@@H]1[C@H](c1ccc(Br)cc1)N(c1ccc(Cl)cc1Cl)C21C(=O)c2ccccc2C1=O. The predicted molar refractivity (Wildman–Crippen MR) is 132 cm³/mol. The van der Waals surface area contributed by atoms with Crippen LogP contribution < -0.4 is 4.90 Å². The lowest BCUT2D eigenvalue weighted by Gasteiger charge is -2.40. The van der Waals surface area contributed by atoms with Gasteiger partial charge in [-0.1, -0.05) is 75.5 Å². The number of hydrogen-bond donors (Lipinski definition) is 0. The highest BCUT2D eigenvalue weighted by molar-refractivity contribution is 9.10. The highest BCUT2D eigenvalue weighted by atomic mass is 79.9. The Bertz CT molecular complexity index is 1440. The number of esters is 2. The number of nitrogens with zero attached hydrogens (tertiary/aromatic N) is 1. The first-order valence-corrected chi connectivity index (χ1v) is 12.3. The number of ketones is 2. The van der Waals surface area contributed by atoms with Crippen LogP contribution in [0.15, 0.2) is 71.2 Å². The molecule has 174 valence electrons. The predicted octanol–water partition coefficient (Wildman–Crippen LogP) is 5.45. The van der Waals surface area contributed by atoms with Crippen LogP contribution in [0, 0.1) is 11.8 Å². The van der Waals surface area contributed by atoms with Crippen LogP contribution in [0.25, 0.3) is 0 Å². The molecule has 2 saturated heterocycles. The lowest BCUT2D eigenvalue weighted by atomic mass is 9.76. The molecule has 3 atom stereocenters. The number of carbonyl (C=O) groups is 4. The smallest absolute Gasteiger partial charge is 0.320 e. The van der Waals surface area contributed by atoms with Gasteiger partial charge in [0.2, 0.25) is 0 Å². The van der Waals surface area contributed by atoms with Crippen LogP contribution in [0.5, 0.6) is 0 Å². The van der Waals surface area contributed by atoms with Crippen molar-refractivity contribution in [2.24, 2.45) is 11.8 Å². The number of ether oxygens (including phenoxy) is 1. The van der Waals surface area contributed by atoms with E-state index in [1.165, 1.54) is 6.07 Å². The Balaban J connectivity index is 1.70. The zero-order valence-electron chi connectivity index (χ0n) is 17.7. The maximum absolute atomic E-state index is 14.2. The van der Waals surface area contributed by atoms with Crippen LogP contribution in [0.3, 0.4) is 0 Å². The molecular weight excluding hydrogens is 557 g/mol. The van der Waals surface area contributed by atoms with E-state index in [2.05, 4.69) is 15.9 Å². The third-order valence-electron chi connectivity index (χ3n) is 7.02. The molecule has 0 saturated carbocycles. The first-order valence-electron chi connectivity index (χ1n) is 10.7. The second kappa shape index (κ2) is 7.75. The molecular formula is C26H14BrCl2NO5. The van der Waals surface area contributed by atoms with Gasteiger partial charge in [0, 0.05) is 20.6 Å². The number of hydrogen-bond acceptors (Lipinski definition) is 6. The average Bonchev–Trinajstić information content (AvgIpc) is 3.39. The van der Waals surface area contributed by atoms with E-state index in [1.807, 2.05) is 0 Å². The summed E-state index contributed by atoms with van der Waals surface area (Å²) in [5.74, 6) is -5.25. The molecule has 0 radical (unpaired) electrons. The molecule has 3 aliphatic rings. The number of benzene rings is 3. The average molecular weight is 571 g/mol. The van der Waals surface area contributed by atoms with Crippen LogP contribution in [-0.2, 0) is 14.3 Å². The molecule has 0 aromatic heterocycles. The van der Waals surface area contributed by atoms with E-state index in [-0.39, 0.29) is 16.1 Å². The Labute approximate surface area is 217 Å². The number of carbonyl (C=O) groups excluding carboxylic acids is 4. The molecule has 0 unspecified atom stereocenters. The standard InChI is InChI=1S/C26H14BrCl2NO5/c27-13-7-5-12(6-8-13)21-19-20(25(34)35-24(19)33)26(30(21)18-10-9-14(28)11-17(18)29)22(31)15-3-1-2-4-16(15)23(26)32/h1-11,19-21H/t19-,20-,21+/m1/s1. The van der Waals surface area contributed by atoms with Crippen molar-refractivity contribution in [3.63, 3.8) is 0 Å². The van der Waals surface area contributed by atoms with Crippen molar-refractivity contribution in [1.82, 2.24) is 0 Å². The second-order valence-corrected chi connectivity index (χ2v) is 10.4. The number of cyclic esters (lactones) is 2. The molecule has 3 aromatic rings. The fourth-order valence-corrected chi connectivity index (χ4v) is 6.48. The number of anilines is 1. The number of Topliss-reactive ketones (excluding diaryl/α,β-unsaturated/α-hetero) is 2. The molecule has 35 heavy (non-hydrogen) atoms. The van der Waals surface area contributed by atoms with Crippen LogP contribution >= 0.6 is 39.1 Å². The Hall–Kier alpha value is -3.00. The zero-order chi connectivity index (χ0) is 24.6. The Morgan fingerprint density at radius 2 is 1.46 bits per heavy atom. The minimum Gasteiger partial charge on any atom is -0.393 e. The van der Waals surface area contributed by atoms with Crippen molar-refractivity contribution in [3.8, 4) is 0 Å². The summed E-state index contributed by atoms with van der Waals surface area (Å²) in [4.78, 5) is 56.2. The molecule has 2 aliphatic heterocycles. The molecule has 0 amide bonds. The van der Waals surface area contributed by atoms with E-state index in [0.29, 0.717) is 16.3 Å². The van der Waals surface area contributed by atoms with E-state index in [0.717, 1.165) is 4.47 Å². The molecule has 1 spiro atoms. The van der Waals surface area contributed by atoms with Gasteiger partial charge >= 0.3 is 11.9 Å². The molecule has 2 fully saturated rings. The molecule has 0 N–H and O–H groups in total. The molecule has 9 heteroatoms. The normalized spacial score (nSPS) is 24.2. The minimum absolute atomic E-state index is 0.177. The van der Waals surface area contributed by atoms with Gasteiger partial charge in [-0.3, -0.25) is 19.2 Å². The Morgan fingerprint density at radius 3 is 2.06 bits per heavy atom. The van der Waals surface area contributed by atoms with Crippen molar-refractivity contribution in [2.45, 2.75) is 11.6 Å². The van der Waals surface area contributed by atoms with E-state index in [1.54, 1.807) is 65.6 Å². The van der Waals surface area contributed by atoms with Gasteiger partial charge in [0.25, 0.3) is 0 Å². The lowest BCUT2D eigenvalue weighted by Crippen LogP contribution is -2.59. The van der Waals surface area contributed by atoms with Crippen molar-refractivity contribution in [2.75, 3.05) is 4.90 Å². The van der Waals surface area contributed by atoms with Gasteiger partial charge < -0.3 is 9.64 Å². The second-order valence-electron chi connectivity index (χ2n) is 8.68. The molecule has 6 rings (SSSR count). The monoisotopic (exact) mass is 569 g/mol. The fourth-order valence-electron chi connectivity index (χ4n) is 5.71. The van der Waals surface area contributed by atoms with E-state index in [9.17, 15) is 19.2 Å². The first-order chi connectivity index (χ1) is 16.8. The highest BCUT2D eigenvalue weighted by Gasteiger charge is 2.76. The quantitative estimate of drug-likeness (QED) is 0.301. The van der Waals surface area contributed by atoms with Gasteiger partial charge in [0.1, 0.15) is 5.92 Å². The van der Waals surface area contributed by atoms with E-state index < -0.39 is 46.9 Å². The van der Waals surface area contributed by atoms with Crippen molar-refractivity contribution in [3.05, 3.63) is 97.9 Å². The van der Waals surface area contributed by atoms with Gasteiger partial charge in [0.15, 0.2) is 17.1 Å². The topological polar surface area (TPSA) is 80.8 Å². The van der Waals surface area contributed by atoms with E-state index >= 15 is 0 Å². The van der Waals surface area contributed by atoms with Crippen LogP contribution in [-0.4, -0.2) is 29.0 Å². The number of halogens is 3. The molecule has 3 aromatic carbocycles. The maximum Gasteiger partial charge on any atom is 0.320 e. The summed E-state index contributed by atoms with van der Waals surface area (Å²) in [5, 5.41) is 0.534. The summed E-state index contributed by atoms with van der Waals surface area (Å²) >= 11 is 16.2. The molecule has 1 aliphatic carbocycles. The first kappa shape index (κ1) is 22.5. The molecule has 2 heterocycles. The van der Waals surface area contributed by atoms with Crippen LogP contribution in [0.2, 0.25) is 10.0 Å². The van der Waals surface area contributed by atoms with Gasteiger partial charge in [-0.05, 0) is 35.9 Å². The fraction of sp³-hybridized carbons (Fsp3) is 0.154.